The Hall–Kier alpha value is -2.00. The van der Waals surface area contributed by atoms with Crippen molar-refractivity contribution >= 4 is 5.71 Å². The van der Waals surface area contributed by atoms with Crippen molar-refractivity contribution in [1.82, 2.24) is 9.88 Å². The summed E-state index contributed by atoms with van der Waals surface area (Å²) in [5.74, 6) is 0.704. The zero-order valence-corrected chi connectivity index (χ0v) is 15.0. The highest BCUT2D eigenvalue weighted by atomic mass is 15.1. The van der Waals surface area contributed by atoms with Gasteiger partial charge in [0.1, 0.15) is 0 Å². The third kappa shape index (κ3) is 2.81. The van der Waals surface area contributed by atoms with E-state index in [4.69, 9.17) is 4.99 Å². The number of hydrogen-bond acceptors (Lipinski definition) is 3. The van der Waals surface area contributed by atoms with Crippen LogP contribution in [0.4, 0.5) is 0 Å². The van der Waals surface area contributed by atoms with E-state index < -0.39 is 0 Å². The van der Waals surface area contributed by atoms with Gasteiger partial charge < -0.3 is 0 Å². The Morgan fingerprint density at radius 3 is 2.76 bits per heavy atom. The second kappa shape index (κ2) is 6.06. The minimum atomic E-state index is 0.704. The Kier molecular flexibility index (Phi) is 3.70. The second-order valence-electron chi connectivity index (χ2n) is 7.87. The van der Waals surface area contributed by atoms with Crippen LogP contribution in [0.5, 0.6) is 0 Å². The van der Waals surface area contributed by atoms with Gasteiger partial charge >= 0.3 is 0 Å². The molecule has 0 unspecified atom stereocenters. The summed E-state index contributed by atoms with van der Waals surface area (Å²) in [6.07, 6.45) is 12.5. The Morgan fingerprint density at radius 1 is 1.08 bits per heavy atom. The second-order valence-corrected chi connectivity index (χ2v) is 7.87. The van der Waals surface area contributed by atoms with Crippen molar-refractivity contribution in [3.63, 3.8) is 0 Å². The number of aliphatic imine (C=N–C) groups is 1. The molecule has 0 amide bonds. The van der Waals surface area contributed by atoms with Crippen molar-refractivity contribution in [2.45, 2.75) is 39.0 Å². The first-order chi connectivity index (χ1) is 12.3. The minimum absolute atomic E-state index is 0.704. The molecule has 3 saturated heterocycles. The van der Waals surface area contributed by atoms with E-state index >= 15 is 0 Å². The molecule has 0 radical (unpaired) electrons. The summed E-state index contributed by atoms with van der Waals surface area (Å²) in [5, 5.41) is 0. The fourth-order valence-electron chi connectivity index (χ4n) is 4.62. The molecule has 4 aliphatic heterocycles. The van der Waals surface area contributed by atoms with Gasteiger partial charge in [0.05, 0.1) is 5.70 Å². The van der Waals surface area contributed by atoms with Gasteiger partial charge in [0.15, 0.2) is 0 Å². The number of hydrogen-bond donors (Lipinski definition) is 0. The third-order valence-electron chi connectivity index (χ3n) is 6.17. The summed E-state index contributed by atoms with van der Waals surface area (Å²) in [4.78, 5) is 12.1. The minimum Gasteiger partial charge on any atom is -0.299 e. The molecule has 1 aromatic heterocycles. The Morgan fingerprint density at radius 2 is 1.96 bits per heavy atom. The van der Waals surface area contributed by atoms with E-state index in [0.717, 1.165) is 31.5 Å². The molecule has 0 N–H and O–H groups in total. The summed E-state index contributed by atoms with van der Waals surface area (Å²) in [6.45, 7) is 5.67. The van der Waals surface area contributed by atoms with E-state index in [9.17, 15) is 0 Å². The third-order valence-corrected chi connectivity index (χ3v) is 6.17. The first kappa shape index (κ1) is 15.3. The first-order valence-electron chi connectivity index (χ1n) is 9.61. The van der Waals surface area contributed by atoms with Crippen molar-refractivity contribution in [3.8, 4) is 0 Å². The summed E-state index contributed by atoms with van der Waals surface area (Å²) in [6, 6.07) is 4.32. The molecule has 0 spiro atoms. The number of nitrogens with zero attached hydrogens (tertiary/aromatic N) is 3. The summed E-state index contributed by atoms with van der Waals surface area (Å²) in [7, 11) is 0. The molecular weight excluding hydrogens is 306 g/mol. The van der Waals surface area contributed by atoms with Crippen LogP contribution in [0.1, 0.15) is 36.9 Å². The van der Waals surface area contributed by atoms with E-state index in [1.54, 1.807) is 5.57 Å². The van der Waals surface area contributed by atoms with Gasteiger partial charge in [0, 0.05) is 30.1 Å². The smallest absolute Gasteiger partial charge is 0.0672 e. The molecule has 128 valence electrons. The number of aromatic nitrogens is 1. The highest BCUT2D eigenvalue weighted by Crippen LogP contribution is 2.41. The predicted molar refractivity (Wildman–Crippen MR) is 102 cm³/mol. The number of piperidine rings is 1. The molecule has 0 saturated carbocycles. The van der Waals surface area contributed by atoms with Crippen molar-refractivity contribution in [3.05, 3.63) is 64.2 Å². The summed E-state index contributed by atoms with van der Waals surface area (Å²) < 4.78 is 0. The molecule has 25 heavy (non-hydrogen) atoms. The van der Waals surface area contributed by atoms with Crippen LogP contribution in [0.15, 0.2) is 57.9 Å². The zero-order chi connectivity index (χ0) is 16.8. The SMILES string of the molecule is Cc1ccc(CCC2=CC=C3N=C4C(=C3C2)CN2CCC4CC2)cn1. The average Bonchev–Trinajstić information content (AvgIpc) is 2.80. The molecule has 2 bridgehead atoms. The Labute approximate surface area is 149 Å². The van der Waals surface area contributed by atoms with Crippen molar-refractivity contribution < 1.29 is 0 Å². The van der Waals surface area contributed by atoms with Crippen LogP contribution < -0.4 is 0 Å². The van der Waals surface area contributed by atoms with Crippen LogP contribution in [0.25, 0.3) is 0 Å². The van der Waals surface area contributed by atoms with Crippen molar-refractivity contribution in [2.24, 2.45) is 10.9 Å². The molecule has 3 fully saturated rings. The Balaban J connectivity index is 1.34. The fourth-order valence-corrected chi connectivity index (χ4v) is 4.62. The van der Waals surface area contributed by atoms with Gasteiger partial charge in [0.25, 0.3) is 0 Å². The average molecular weight is 331 g/mol. The molecule has 5 aliphatic rings. The Bertz CT molecular complexity index is 815. The highest BCUT2D eigenvalue weighted by Gasteiger charge is 2.36. The van der Waals surface area contributed by atoms with Gasteiger partial charge in [0.2, 0.25) is 0 Å². The van der Waals surface area contributed by atoms with Crippen molar-refractivity contribution in [1.29, 1.82) is 0 Å². The molecule has 0 aromatic carbocycles. The quantitative estimate of drug-likeness (QED) is 0.837. The van der Waals surface area contributed by atoms with Crippen LogP contribution >= 0.6 is 0 Å². The van der Waals surface area contributed by atoms with E-state index in [2.05, 4.69) is 34.2 Å². The van der Waals surface area contributed by atoms with Gasteiger partial charge in [-0.1, -0.05) is 17.7 Å². The molecule has 3 nitrogen and oxygen atoms in total. The maximum Gasteiger partial charge on any atom is 0.0672 e. The molecule has 0 atom stereocenters. The van der Waals surface area contributed by atoms with Crippen LogP contribution in [0.3, 0.4) is 0 Å². The number of allylic oxidation sites excluding steroid dienone is 4. The van der Waals surface area contributed by atoms with E-state index in [0.29, 0.717) is 5.92 Å². The molecule has 6 rings (SSSR count). The van der Waals surface area contributed by atoms with Gasteiger partial charge in [-0.05, 0) is 81.0 Å². The topological polar surface area (TPSA) is 28.5 Å². The lowest BCUT2D eigenvalue weighted by molar-refractivity contribution is 0.240. The van der Waals surface area contributed by atoms with Gasteiger partial charge in [-0.25, -0.2) is 0 Å². The molecule has 3 heteroatoms. The predicted octanol–water partition coefficient (Wildman–Crippen LogP) is 4.01. The van der Waals surface area contributed by atoms with Crippen LogP contribution in [-0.2, 0) is 6.42 Å². The van der Waals surface area contributed by atoms with E-state index in [-0.39, 0.29) is 0 Å². The maximum absolute atomic E-state index is 5.06. The van der Waals surface area contributed by atoms with Crippen LogP contribution in [0, 0.1) is 12.8 Å². The number of fused-ring (bicyclic) bond motifs is 3. The van der Waals surface area contributed by atoms with E-state index in [1.165, 1.54) is 54.0 Å². The lowest BCUT2D eigenvalue weighted by Crippen LogP contribution is -2.31. The largest absolute Gasteiger partial charge is 0.299 e. The molecule has 1 aromatic rings. The standard InChI is InChI=1S/C22H25N3/c1-15-2-3-17(13-23-15)5-4-16-6-7-21-19(12-16)20-14-25-10-8-18(9-11-25)22(20)24-21/h2-3,6-7,13,18H,4-5,8-12,14H2,1H3. The maximum atomic E-state index is 5.06. The van der Waals surface area contributed by atoms with Crippen LogP contribution in [-0.4, -0.2) is 35.2 Å². The fraction of sp³-hybridized carbons (Fsp3) is 0.455. The normalized spacial score (nSPS) is 27.3. The van der Waals surface area contributed by atoms with E-state index in [1.807, 2.05) is 13.1 Å². The zero-order valence-electron chi connectivity index (χ0n) is 15.0. The van der Waals surface area contributed by atoms with Gasteiger partial charge in [-0.2, -0.15) is 0 Å². The molecule has 5 heterocycles. The van der Waals surface area contributed by atoms with Gasteiger partial charge in [-0.15, -0.1) is 0 Å². The van der Waals surface area contributed by atoms with Crippen molar-refractivity contribution in [2.75, 3.05) is 19.6 Å². The summed E-state index contributed by atoms with van der Waals surface area (Å²) in [5.41, 5.74) is 9.73. The highest BCUT2D eigenvalue weighted by molar-refractivity contribution is 6.07. The molecule has 1 aliphatic carbocycles. The monoisotopic (exact) mass is 331 g/mol. The number of rotatable bonds is 3. The molecular formula is C22H25N3. The number of aryl methyl sites for hydroxylation is 2. The summed E-state index contributed by atoms with van der Waals surface area (Å²) >= 11 is 0. The van der Waals surface area contributed by atoms with Crippen LogP contribution in [0.2, 0.25) is 0 Å². The first-order valence-corrected chi connectivity index (χ1v) is 9.61. The lowest BCUT2D eigenvalue weighted by atomic mass is 9.87. The number of pyridine rings is 1. The lowest BCUT2D eigenvalue weighted by Gasteiger charge is -2.26. The van der Waals surface area contributed by atoms with Gasteiger partial charge in [-0.3, -0.25) is 14.9 Å².